The van der Waals surface area contributed by atoms with Crippen LogP contribution in [0.25, 0.3) is 0 Å². The van der Waals surface area contributed by atoms with Gasteiger partial charge in [0.25, 0.3) is 0 Å². The fourth-order valence-electron chi connectivity index (χ4n) is 3.67. The zero-order valence-corrected chi connectivity index (χ0v) is 11.3. The maximum absolute atomic E-state index is 6.27. The van der Waals surface area contributed by atoms with Crippen molar-refractivity contribution >= 4 is 0 Å². The first kappa shape index (κ1) is 12.2. The Morgan fingerprint density at radius 1 is 1.17 bits per heavy atom. The molecule has 0 radical (unpaired) electrons. The van der Waals surface area contributed by atoms with Crippen LogP contribution in [0.15, 0.2) is 24.3 Å². The van der Waals surface area contributed by atoms with Gasteiger partial charge in [0.1, 0.15) is 0 Å². The second kappa shape index (κ2) is 5.02. The molecule has 2 N–H and O–H groups in total. The summed E-state index contributed by atoms with van der Waals surface area (Å²) in [5.74, 6) is 0.951. The highest BCUT2D eigenvalue weighted by molar-refractivity contribution is 5.37. The molecule has 0 amide bonds. The zero-order valence-electron chi connectivity index (χ0n) is 11.3. The molecule has 1 saturated heterocycles. The summed E-state index contributed by atoms with van der Waals surface area (Å²) in [6.45, 7) is 4.83. The molecule has 18 heavy (non-hydrogen) atoms. The molecule has 0 bridgehead atoms. The van der Waals surface area contributed by atoms with Crippen LogP contribution in [-0.4, -0.2) is 18.0 Å². The van der Waals surface area contributed by atoms with E-state index in [0.717, 1.165) is 12.3 Å². The highest BCUT2D eigenvalue weighted by Crippen LogP contribution is 2.42. The van der Waals surface area contributed by atoms with Gasteiger partial charge in [-0.15, -0.1) is 0 Å². The Kier molecular flexibility index (Phi) is 3.40. The second-order valence-electron chi connectivity index (χ2n) is 5.87. The maximum atomic E-state index is 6.27. The van der Waals surface area contributed by atoms with Crippen LogP contribution in [0.3, 0.4) is 0 Å². The molecular weight excluding hydrogens is 220 g/mol. The quantitative estimate of drug-likeness (QED) is 0.865. The summed E-state index contributed by atoms with van der Waals surface area (Å²) in [4.78, 5) is 2.66. The fourth-order valence-corrected chi connectivity index (χ4v) is 3.67. The monoisotopic (exact) mass is 244 g/mol. The van der Waals surface area contributed by atoms with Crippen molar-refractivity contribution in [1.29, 1.82) is 0 Å². The first-order valence-corrected chi connectivity index (χ1v) is 7.38. The normalized spacial score (nSPS) is 29.4. The number of hydrogen-bond donors (Lipinski definition) is 1. The summed E-state index contributed by atoms with van der Waals surface area (Å²) in [6.07, 6.45) is 5.18. The highest BCUT2D eigenvalue weighted by Gasteiger charge is 2.33. The summed E-state index contributed by atoms with van der Waals surface area (Å²) in [6, 6.07) is 9.58. The van der Waals surface area contributed by atoms with Crippen molar-refractivity contribution in [3.8, 4) is 0 Å². The second-order valence-corrected chi connectivity index (χ2v) is 5.87. The van der Waals surface area contributed by atoms with Gasteiger partial charge in [-0.2, -0.15) is 0 Å². The van der Waals surface area contributed by atoms with Gasteiger partial charge in [-0.1, -0.05) is 37.6 Å². The molecule has 98 valence electrons. The smallest absolute Gasteiger partial charge is 0.0369 e. The molecular formula is C16H24N2. The average Bonchev–Trinajstić information content (AvgIpc) is 2.77. The van der Waals surface area contributed by atoms with E-state index < -0.39 is 0 Å². The van der Waals surface area contributed by atoms with Crippen molar-refractivity contribution in [1.82, 2.24) is 4.90 Å². The van der Waals surface area contributed by atoms with Gasteiger partial charge in [0.15, 0.2) is 0 Å². The summed E-state index contributed by atoms with van der Waals surface area (Å²) in [7, 11) is 0. The lowest BCUT2D eigenvalue weighted by atomic mass is 9.92. The third-order valence-electron chi connectivity index (χ3n) is 4.90. The van der Waals surface area contributed by atoms with Crippen molar-refractivity contribution in [3.05, 3.63) is 35.4 Å². The topological polar surface area (TPSA) is 29.3 Å². The lowest BCUT2D eigenvalue weighted by Gasteiger charge is -2.36. The molecule has 1 heterocycles. The van der Waals surface area contributed by atoms with Gasteiger partial charge in [0.2, 0.25) is 0 Å². The molecule has 2 nitrogen and oxygen atoms in total. The molecule has 1 aliphatic heterocycles. The van der Waals surface area contributed by atoms with Crippen LogP contribution in [0.1, 0.15) is 55.8 Å². The van der Waals surface area contributed by atoms with E-state index >= 15 is 0 Å². The first-order valence-electron chi connectivity index (χ1n) is 7.38. The summed E-state index contributed by atoms with van der Waals surface area (Å²) in [5, 5.41) is 0. The van der Waals surface area contributed by atoms with Crippen LogP contribution < -0.4 is 5.73 Å². The number of benzene rings is 1. The molecule has 0 spiro atoms. The van der Waals surface area contributed by atoms with E-state index in [1.54, 1.807) is 0 Å². The van der Waals surface area contributed by atoms with Crippen molar-refractivity contribution in [3.63, 3.8) is 0 Å². The molecule has 2 atom stereocenters. The van der Waals surface area contributed by atoms with Gasteiger partial charge >= 0.3 is 0 Å². The summed E-state index contributed by atoms with van der Waals surface area (Å²) >= 11 is 0. The van der Waals surface area contributed by atoms with E-state index in [1.165, 1.54) is 43.5 Å². The van der Waals surface area contributed by atoms with E-state index in [2.05, 4.69) is 36.1 Å². The minimum Gasteiger partial charge on any atom is -0.324 e. The SMILES string of the molecule is CCC1CCN(C2CC(N)c3ccccc32)CC1. The Labute approximate surface area is 110 Å². The average molecular weight is 244 g/mol. The van der Waals surface area contributed by atoms with Gasteiger partial charge in [-0.3, -0.25) is 4.90 Å². The van der Waals surface area contributed by atoms with Crippen LogP contribution in [0.4, 0.5) is 0 Å². The predicted molar refractivity (Wildman–Crippen MR) is 75.3 cm³/mol. The summed E-state index contributed by atoms with van der Waals surface area (Å²) in [5.41, 5.74) is 9.13. The lowest BCUT2D eigenvalue weighted by Crippen LogP contribution is -2.36. The van der Waals surface area contributed by atoms with Crippen LogP contribution in [0.5, 0.6) is 0 Å². The number of rotatable bonds is 2. The van der Waals surface area contributed by atoms with Crippen molar-refractivity contribution in [2.75, 3.05) is 13.1 Å². The molecule has 1 aromatic carbocycles. The van der Waals surface area contributed by atoms with E-state index in [0.29, 0.717) is 6.04 Å². The summed E-state index contributed by atoms with van der Waals surface area (Å²) < 4.78 is 0. The zero-order chi connectivity index (χ0) is 12.5. The van der Waals surface area contributed by atoms with E-state index in [9.17, 15) is 0 Å². The molecule has 2 unspecified atom stereocenters. The van der Waals surface area contributed by atoms with Crippen LogP contribution in [-0.2, 0) is 0 Å². The van der Waals surface area contributed by atoms with Crippen LogP contribution in [0, 0.1) is 5.92 Å². The van der Waals surface area contributed by atoms with Gasteiger partial charge in [-0.05, 0) is 49.4 Å². The minimum absolute atomic E-state index is 0.245. The van der Waals surface area contributed by atoms with Crippen LogP contribution in [0.2, 0.25) is 0 Å². The Morgan fingerprint density at radius 2 is 1.83 bits per heavy atom. The van der Waals surface area contributed by atoms with Crippen molar-refractivity contribution < 1.29 is 0 Å². The molecule has 3 rings (SSSR count). The largest absolute Gasteiger partial charge is 0.324 e. The number of fused-ring (bicyclic) bond motifs is 1. The fraction of sp³-hybridized carbons (Fsp3) is 0.625. The molecule has 2 heteroatoms. The third kappa shape index (κ3) is 2.08. The Hall–Kier alpha value is -0.860. The number of nitrogens with two attached hydrogens (primary N) is 1. The minimum atomic E-state index is 0.245. The van der Waals surface area contributed by atoms with Crippen LogP contribution >= 0.6 is 0 Å². The standard InChI is InChI=1S/C16H24N2/c1-2-12-7-9-18(10-8-12)16-11-15(17)13-5-3-4-6-14(13)16/h3-6,12,15-16H,2,7-11,17H2,1H3. The Morgan fingerprint density at radius 3 is 2.50 bits per heavy atom. The van der Waals surface area contributed by atoms with Gasteiger partial charge in [0.05, 0.1) is 0 Å². The molecule has 1 aromatic rings. The van der Waals surface area contributed by atoms with E-state index in [1.807, 2.05) is 0 Å². The molecule has 0 aromatic heterocycles. The molecule has 0 saturated carbocycles. The molecule has 1 aliphatic carbocycles. The van der Waals surface area contributed by atoms with E-state index in [4.69, 9.17) is 5.73 Å². The van der Waals surface area contributed by atoms with Gasteiger partial charge in [-0.25, -0.2) is 0 Å². The maximum Gasteiger partial charge on any atom is 0.0369 e. The molecule has 2 aliphatic rings. The first-order chi connectivity index (χ1) is 8.79. The highest BCUT2D eigenvalue weighted by atomic mass is 15.2. The van der Waals surface area contributed by atoms with E-state index in [-0.39, 0.29) is 6.04 Å². The molecule has 1 fully saturated rings. The lowest BCUT2D eigenvalue weighted by molar-refractivity contribution is 0.127. The third-order valence-corrected chi connectivity index (χ3v) is 4.90. The predicted octanol–water partition coefficient (Wildman–Crippen LogP) is 3.25. The Bertz CT molecular complexity index is 407. The number of likely N-dealkylation sites (tertiary alicyclic amines) is 1. The Balaban J connectivity index is 1.75. The van der Waals surface area contributed by atoms with Crippen molar-refractivity contribution in [2.45, 2.75) is 44.7 Å². The number of hydrogen-bond acceptors (Lipinski definition) is 2. The van der Waals surface area contributed by atoms with Gasteiger partial charge < -0.3 is 5.73 Å². The van der Waals surface area contributed by atoms with Crippen molar-refractivity contribution in [2.24, 2.45) is 11.7 Å². The number of piperidine rings is 1. The van der Waals surface area contributed by atoms with Gasteiger partial charge in [0, 0.05) is 12.1 Å². The number of nitrogens with zero attached hydrogens (tertiary/aromatic N) is 1.